The van der Waals surface area contributed by atoms with Crippen molar-refractivity contribution in [2.45, 2.75) is 34.6 Å². The predicted octanol–water partition coefficient (Wildman–Crippen LogP) is 5.08. The van der Waals surface area contributed by atoms with Gasteiger partial charge in [0.05, 0.1) is 0 Å². The Kier molecular flexibility index (Phi) is 3.94. The van der Waals surface area contributed by atoms with Crippen molar-refractivity contribution in [2.24, 2.45) is 0 Å². The molecule has 2 rings (SSSR count). The van der Waals surface area contributed by atoms with Crippen LogP contribution in [0.4, 0.5) is 11.4 Å². The third-order valence-electron chi connectivity index (χ3n) is 3.92. The van der Waals surface area contributed by atoms with Crippen LogP contribution < -0.4 is 4.90 Å². The van der Waals surface area contributed by atoms with E-state index in [-0.39, 0.29) is 0 Å². The molecule has 0 bridgehead atoms. The first-order chi connectivity index (χ1) is 9.02. The van der Waals surface area contributed by atoms with Gasteiger partial charge < -0.3 is 4.90 Å². The topological polar surface area (TPSA) is 3.24 Å². The fourth-order valence-corrected chi connectivity index (χ4v) is 2.30. The molecule has 0 aliphatic heterocycles. The van der Waals surface area contributed by atoms with Gasteiger partial charge in [0.2, 0.25) is 0 Å². The van der Waals surface area contributed by atoms with Gasteiger partial charge in [-0.1, -0.05) is 12.1 Å². The van der Waals surface area contributed by atoms with Crippen LogP contribution in [0.2, 0.25) is 0 Å². The van der Waals surface area contributed by atoms with E-state index >= 15 is 0 Å². The van der Waals surface area contributed by atoms with Crippen LogP contribution in [0.1, 0.15) is 29.2 Å². The first kappa shape index (κ1) is 13.7. The normalized spacial score (nSPS) is 10.6. The van der Waals surface area contributed by atoms with Crippen LogP contribution in [0, 0.1) is 27.7 Å². The van der Waals surface area contributed by atoms with Crippen molar-refractivity contribution >= 4 is 11.4 Å². The largest absolute Gasteiger partial charge is 0.342 e. The first-order valence-corrected chi connectivity index (χ1v) is 6.95. The number of aryl methyl sites for hydroxylation is 4. The van der Waals surface area contributed by atoms with E-state index in [1.165, 1.54) is 33.6 Å². The van der Waals surface area contributed by atoms with Gasteiger partial charge in [0.15, 0.2) is 0 Å². The Labute approximate surface area is 116 Å². The Morgan fingerprint density at radius 1 is 0.684 bits per heavy atom. The van der Waals surface area contributed by atoms with E-state index in [0.29, 0.717) is 0 Å². The second kappa shape index (κ2) is 5.48. The number of hydrogen-bond donors (Lipinski definition) is 0. The molecule has 0 saturated carbocycles. The van der Waals surface area contributed by atoms with Crippen molar-refractivity contribution in [2.75, 3.05) is 11.4 Å². The van der Waals surface area contributed by atoms with E-state index in [2.05, 4.69) is 75.9 Å². The molecule has 0 heterocycles. The highest BCUT2D eigenvalue weighted by molar-refractivity contribution is 5.65. The molecule has 2 aromatic carbocycles. The lowest BCUT2D eigenvalue weighted by Gasteiger charge is -2.25. The van der Waals surface area contributed by atoms with E-state index in [0.717, 1.165) is 6.54 Å². The summed E-state index contributed by atoms with van der Waals surface area (Å²) >= 11 is 0. The molecule has 0 fully saturated rings. The molecule has 0 N–H and O–H groups in total. The summed E-state index contributed by atoms with van der Waals surface area (Å²) in [4.78, 5) is 2.36. The maximum atomic E-state index is 2.36. The van der Waals surface area contributed by atoms with Gasteiger partial charge in [0.1, 0.15) is 0 Å². The summed E-state index contributed by atoms with van der Waals surface area (Å²) in [5.41, 5.74) is 7.93. The van der Waals surface area contributed by atoms with Crippen LogP contribution in [0.5, 0.6) is 0 Å². The van der Waals surface area contributed by atoms with Gasteiger partial charge in [-0.05, 0) is 81.1 Å². The Bertz CT molecular complexity index is 533. The average Bonchev–Trinajstić information content (AvgIpc) is 2.39. The molecule has 0 aliphatic carbocycles. The van der Waals surface area contributed by atoms with Gasteiger partial charge in [0.25, 0.3) is 0 Å². The van der Waals surface area contributed by atoms with Gasteiger partial charge in [0, 0.05) is 17.9 Å². The number of nitrogens with zero attached hydrogens (tertiary/aromatic N) is 1. The number of hydrogen-bond acceptors (Lipinski definition) is 1. The summed E-state index contributed by atoms with van der Waals surface area (Å²) in [6.07, 6.45) is 0. The summed E-state index contributed by atoms with van der Waals surface area (Å²) in [7, 11) is 0. The van der Waals surface area contributed by atoms with Crippen molar-refractivity contribution in [3.8, 4) is 0 Å². The number of anilines is 2. The van der Waals surface area contributed by atoms with Gasteiger partial charge in [-0.3, -0.25) is 0 Å². The van der Waals surface area contributed by atoms with Crippen molar-refractivity contribution in [1.29, 1.82) is 0 Å². The first-order valence-electron chi connectivity index (χ1n) is 6.95. The molecule has 100 valence electrons. The molecule has 0 aromatic heterocycles. The van der Waals surface area contributed by atoms with Crippen LogP contribution in [0.25, 0.3) is 0 Å². The predicted molar refractivity (Wildman–Crippen MR) is 84.5 cm³/mol. The Morgan fingerprint density at radius 2 is 1.11 bits per heavy atom. The van der Waals surface area contributed by atoms with Crippen LogP contribution in [-0.4, -0.2) is 6.54 Å². The maximum absolute atomic E-state index is 2.36. The van der Waals surface area contributed by atoms with Gasteiger partial charge in [-0.25, -0.2) is 0 Å². The fraction of sp³-hybridized carbons (Fsp3) is 0.333. The highest BCUT2D eigenvalue weighted by Crippen LogP contribution is 2.28. The summed E-state index contributed by atoms with van der Waals surface area (Å²) in [5, 5.41) is 0. The third-order valence-corrected chi connectivity index (χ3v) is 3.92. The lowest BCUT2D eigenvalue weighted by molar-refractivity contribution is 1.02. The molecule has 0 spiro atoms. The summed E-state index contributed by atoms with van der Waals surface area (Å²) < 4.78 is 0. The molecule has 2 aromatic rings. The molecule has 0 amide bonds. The minimum Gasteiger partial charge on any atom is -0.342 e. The van der Waals surface area contributed by atoms with E-state index in [1.807, 2.05) is 0 Å². The lowest BCUT2D eigenvalue weighted by Crippen LogP contribution is -2.16. The molecule has 1 nitrogen and oxygen atoms in total. The second-order valence-corrected chi connectivity index (χ2v) is 5.28. The van der Waals surface area contributed by atoms with E-state index < -0.39 is 0 Å². The second-order valence-electron chi connectivity index (χ2n) is 5.28. The summed E-state index contributed by atoms with van der Waals surface area (Å²) in [6.45, 7) is 11.8. The van der Waals surface area contributed by atoms with E-state index in [1.54, 1.807) is 0 Å². The van der Waals surface area contributed by atoms with Crippen LogP contribution in [0.15, 0.2) is 36.4 Å². The fourth-order valence-electron chi connectivity index (χ4n) is 2.30. The van der Waals surface area contributed by atoms with Crippen LogP contribution >= 0.6 is 0 Å². The number of benzene rings is 2. The minimum absolute atomic E-state index is 0.977. The van der Waals surface area contributed by atoms with Gasteiger partial charge in [-0.2, -0.15) is 0 Å². The van der Waals surface area contributed by atoms with Gasteiger partial charge in [-0.15, -0.1) is 0 Å². The van der Waals surface area contributed by atoms with Crippen molar-refractivity contribution in [3.63, 3.8) is 0 Å². The van der Waals surface area contributed by atoms with Crippen LogP contribution in [-0.2, 0) is 0 Å². The summed E-state index contributed by atoms with van der Waals surface area (Å²) in [5.74, 6) is 0. The summed E-state index contributed by atoms with van der Waals surface area (Å²) in [6, 6.07) is 13.4. The highest BCUT2D eigenvalue weighted by atomic mass is 15.1. The molecule has 0 saturated heterocycles. The van der Waals surface area contributed by atoms with Crippen molar-refractivity contribution in [1.82, 2.24) is 0 Å². The van der Waals surface area contributed by atoms with Crippen LogP contribution in [0.3, 0.4) is 0 Å². The highest BCUT2D eigenvalue weighted by Gasteiger charge is 2.08. The van der Waals surface area contributed by atoms with Gasteiger partial charge >= 0.3 is 0 Å². The van der Waals surface area contributed by atoms with E-state index in [9.17, 15) is 0 Å². The van der Waals surface area contributed by atoms with Crippen molar-refractivity contribution < 1.29 is 0 Å². The Hall–Kier alpha value is -1.76. The molecule has 19 heavy (non-hydrogen) atoms. The molecular weight excluding hydrogens is 230 g/mol. The molecule has 0 aliphatic rings. The van der Waals surface area contributed by atoms with E-state index in [4.69, 9.17) is 0 Å². The molecule has 1 heteroatoms. The average molecular weight is 253 g/mol. The standard InChI is InChI=1S/C18H23N/c1-6-19(17-9-7-13(2)15(4)11-17)18-10-8-14(3)16(5)12-18/h7-12H,6H2,1-5H3. The zero-order valence-electron chi connectivity index (χ0n) is 12.6. The smallest absolute Gasteiger partial charge is 0.0413 e. The maximum Gasteiger partial charge on any atom is 0.0413 e. The molecule has 0 atom stereocenters. The van der Waals surface area contributed by atoms with Crippen molar-refractivity contribution in [3.05, 3.63) is 58.7 Å². The zero-order valence-corrected chi connectivity index (χ0v) is 12.6. The molecule has 0 radical (unpaired) electrons. The minimum atomic E-state index is 0.977. The monoisotopic (exact) mass is 253 g/mol. The third kappa shape index (κ3) is 2.81. The number of rotatable bonds is 3. The Balaban J connectivity index is 2.43. The SMILES string of the molecule is CCN(c1ccc(C)c(C)c1)c1ccc(C)c(C)c1. The Morgan fingerprint density at radius 3 is 1.42 bits per heavy atom. The zero-order chi connectivity index (χ0) is 14.0. The lowest BCUT2D eigenvalue weighted by atomic mass is 10.1. The quantitative estimate of drug-likeness (QED) is 0.737. The molecule has 0 unspecified atom stereocenters. The molecular formula is C18H23N.